The van der Waals surface area contributed by atoms with Crippen molar-refractivity contribution in [2.75, 3.05) is 38.1 Å². The molecule has 19 heavy (non-hydrogen) atoms. The van der Waals surface area contributed by atoms with Crippen LogP contribution in [0.5, 0.6) is 0 Å². The Morgan fingerprint density at radius 3 is 2.74 bits per heavy atom. The van der Waals surface area contributed by atoms with Gasteiger partial charge in [0.05, 0.1) is 15.8 Å². The molecule has 0 atom stereocenters. The monoisotopic (exact) mass is 276 g/mol. The summed E-state index contributed by atoms with van der Waals surface area (Å²) in [5.74, 6) is -0.416. The minimum absolute atomic E-state index is 0.416. The fourth-order valence-corrected chi connectivity index (χ4v) is 3.31. The Balaban J connectivity index is 1.98. The summed E-state index contributed by atoms with van der Waals surface area (Å²) in [7, 11) is 2.13. The number of nitrogens with two attached hydrogens (primary N) is 1. The third kappa shape index (κ3) is 2.29. The van der Waals surface area contributed by atoms with Crippen LogP contribution in [0.1, 0.15) is 10.4 Å². The molecule has 0 aliphatic carbocycles. The van der Waals surface area contributed by atoms with Crippen LogP contribution >= 0.6 is 11.3 Å². The van der Waals surface area contributed by atoms with Crippen molar-refractivity contribution in [1.29, 1.82) is 0 Å². The molecule has 2 heterocycles. The van der Waals surface area contributed by atoms with Gasteiger partial charge in [0.25, 0.3) is 5.91 Å². The number of rotatable bonds is 2. The number of amides is 1. The summed E-state index contributed by atoms with van der Waals surface area (Å²) in [6.07, 6.45) is 0. The van der Waals surface area contributed by atoms with Crippen molar-refractivity contribution >= 4 is 32.6 Å². The van der Waals surface area contributed by atoms with Gasteiger partial charge in [-0.05, 0) is 19.2 Å². The number of benzene rings is 1. The van der Waals surface area contributed by atoms with Gasteiger partial charge in [-0.2, -0.15) is 0 Å². The van der Waals surface area contributed by atoms with E-state index in [0.717, 1.165) is 41.5 Å². The second-order valence-corrected chi connectivity index (χ2v) is 5.81. The molecule has 1 aliphatic rings. The molecule has 1 aromatic carbocycles. The Labute approximate surface area is 115 Å². The summed E-state index contributed by atoms with van der Waals surface area (Å²) >= 11 is 1.63. The third-order valence-corrected chi connectivity index (χ3v) is 4.53. The van der Waals surface area contributed by atoms with Crippen LogP contribution in [0.25, 0.3) is 10.2 Å². The molecule has 0 radical (unpaired) electrons. The van der Waals surface area contributed by atoms with E-state index in [1.54, 1.807) is 17.4 Å². The maximum Gasteiger partial charge on any atom is 0.250 e. The number of likely N-dealkylation sites (N-methyl/N-ethyl adjacent to an activating group) is 1. The molecule has 2 N–H and O–H groups in total. The molecule has 5 nitrogen and oxygen atoms in total. The number of carbonyl (C=O) groups is 1. The van der Waals surface area contributed by atoms with Gasteiger partial charge in [-0.15, -0.1) is 0 Å². The van der Waals surface area contributed by atoms with Crippen LogP contribution in [0.4, 0.5) is 5.13 Å². The molecule has 3 rings (SSSR count). The number of carbonyl (C=O) groups excluding carboxylic acids is 1. The molecule has 0 saturated carbocycles. The lowest BCUT2D eigenvalue weighted by Gasteiger charge is -2.32. The first-order valence-electron chi connectivity index (χ1n) is 6.28. The lowest BCUT2D eigenvalue weighted by atomic mass is 10.2. The van der Waals surface area contributed by atoms with Crippen LogP contribution in [0.3, 0.4) is 0 Å². The lowest BCUT2D eigenvalue weighted by Crippen LogP contribution is -2.44. The number of piperazine rings is 1. The Kier molecular flexibility index (Phi) is 3.12. The first kappa shape index (κ1) is 12.4. The molecule has 0 bridgehead atoms. The van der Waals surface area contributed by atoms with Crippen molar-refractivity contribution in [3.63, 3.8) is 0 Å². The van der Waals surface area contributed by atoms with Crippen molar-refractivity contribution < 1.29 is 4.79 Å². The van der Waals surface area contributed by atoms with E-state index in [4.69, 9.17) is 5.73 Å². The zero-order valence-corrected chi connectivity index (χ0v) is 11.6. The zero-order chi connectivity index (χ0) is 13.4. The predicted molar refractivity (Wildman–Crippen MR) is 77.8 cm³/mol. The summed E-state index contributed by atoms with van der Waals surface area (Å²) in [6, 6.07) is 5.57. The molecule has 2 aromatic rings. The third-order valence-electron chi connectivity index (χ3n) is 3.45. The number of hydrogen-bond acceptors (Lipinski definition) is 5. The first-order valence-corrected chi connectivity index (χ1v) is 7.09. The van der Waals surface area contributed by atoms with E-state index >= 15 is 0 Å². The van der Waals surface area contributed by atoms with Crippen molar-refractivity contribution in [3.05, 3.63) is 23.8 Å². The fourth-order valence-electron chi connectivity index (χ4n) is 2.27. The molecule has 1 aliphatic heterocycles. The van der Waals surface area contributed by atoms with Gasteiger partial charge in [-0.3, -0.25) is 4.79 Å². The molecule has 6 heteroatoms. The summed E-state index contributed by atoms with van der Waals surface area (Å²) in [5, 5.41) is 0.983. The van der Waals surface area contributed by atoms with Crippen LogP contribution in [-0.4, -0.2) is 49.0 Å². The number of anilines is 1. The standard InChI is InChI=1S/C13H16N4OS/c1-16-5-7-17(8-6-16)13-15-11-9(12(14)18)3-2-4-10(11)19-13/h2-4H,5-8H2,1H3,(H2,14,18). The molecular formula is C13H16N4OS. The molecular weight excluding hydrogens is 260 g/mol. The van der Waals surface area contributed by atoms with Gasteiger partial charge in [-0.25, -0.2) is 4.98 Å². The van der Waals surface area contributed by atoms with E-state index in [2.05, 4.69) is 21.8 Å². The maximum absolute atomic E-state index is 11.4. The molecule has 1 fully saturated rings. The van der Waals surface area contributed by atoms with Gasteiger partial charge < -0.3 is 15.5 Å². The van der Waals surface area contributed by atoms with Gasteiger partial charge in [0.15, 0.2) is 5.13 Å². The van der Waals surface area contributed by atoms with Gasteiger partial charge in [0.2, 0.25) is 0 Å². The van der Waals surface area contributed by atoms with E-state index in [0.29, 0.717) is 5.56 Å². The Hall–Kier alpha value is -1.66. The van der Waals surface area contributed by atoms with Crippen LogP contribution in [0.2, 0.25) is 0 Å². The highest BCUT2D eigenvalue weighted by atomic mass is 32.1. The molecule has 100 valence electrons. The Morgan fingerprint density at radius 1 is 1.32 bits per heavy atom. The van der Waals surface area contributed by atoms with Gasteiger partial charge in [0, 0.05) is 26.2 Å². The number of fused-ring (bicyclic) bond motifs is 1. The summed E-state index contributed by atoms with van der Waals surface area (Å²) in [5.41, 5.74) is 6.63. The van der Waals surface area contributed by atoms with E-state index in [-0.39, 0.29) is 0 Å². The normalized spacial score (nSPS) is 17.0. The molecule has 1 saturated heterocycles. The highest BCUT2D eigenvalue weighted by Gasteiger charge is 2.19. The van der Waals surface area contributed by atoms with Gasteiger partial charge >= 0.3 is 0 Å². The zero-order valence-electron chi connectivity index (χ0n) is 10.8. The quantitative estimate of drug-likeness (QED) is 0.893. The largest absolute Gasteiger partial charge is 0.366 e. The SMILES string of the molecule is CN1CCN(c2nc3c(C(N)=O)cccc3s2)CC1. The number of primary amides is 1. The first-order chi connectivity index (χ1) is 9.15. The summed E-state index contributed by atoms with van der Waals surface area (Å²) < 4.78 is 1.02. The van der Waals surface area contributed by atoms with E-state index in [9.17, 15) is 4.79 Å². The van der Waals surface area contributed by atoms with Crippen molar-refractivity contribution in [2.24, 2.45) is 5.73 Å². The Morgan fingerprint density at radius 2 is 2.05 bits per heavy atom. The Bertz CT molecular complexity index is 616. The van der Waals surface area contributed by atoms with E-state index < -0.39 is 5.91 Å². The predicted octanol–water partition coefficient (Wildman–Crippen LogP) is 1.15. The van der Waals surface area contributed by atoms with Gasteiger partial charge in [0.1, 0.15) is 0 Å². The fraction of sp³-hybridized carbons (Fsp3) is 0.385. The smallest absolute Gasteiger partial charge is 0.250 e. The summed E-state index contributed by atoms with van der Waals surface area (Å²) in [6.45, 7) is 4.03. The number of aromatic nitrogens is 1. The van der Waals surface area contributed by atoms with Crippen LogP contribution < -0.4 is 10.6 Å². The van der Waals surface area contributed by atoms with Crippen LogP contribution in [0.15, 0.2) is 18.2 Å². The topological polar surface area (TPSA) is 62.5 Å². The minimum Gasteiger partial charge on any atom is -0.366 e. The second-order valence-electron chi connectivity index (χ2n) is 4.80. The van der Waals surface area contributed by atoms with Crippen molar-refractivity contribution in [1.82, 2.24) is 9.88 Å². The van der Waals surface area contributed by atoms with Gasteiger partial charge in [-0.1, -0.05) is 17.4 Å². The van der Waals surface area contributed by atoms with Crippen molar-refractivity contribution in [3.8, 4) is 0 Å². The minimum atomic E-state index is -0.416. The lowest BCUT2D eigenvalue weighted by molar-refractivity contribution is 0.100. The second kappa shape index (κ2) is 4.79. The number of hydrogen-bond donors (Lipinski definition) is 1. The van der Waals surface area contributed by atoms with Crippen LogP contribution in [-0.2, 0) is 0 Å². The van der Waals surface area contributed by atoms with E-state index in [1.165, 1.54) is 0 Å². The van der Waals surface area contributed by atoms with Crippen LogP contribution in [0, 0.1) is 0 Å². The average Bonchev–Trinajstić information content (AvgIpc) is 2.82. The molecule has 1 aromatic heterocycles. The highest BCUT2D eigenvalue weighted by molar-refractivity contribution is 7.22. The van der Waals surface area contributed by atoms with E-state index in [1.807, 2.05) is 12.1 Å². The van der Waals surface area contributed by atoms with Crippen molar-refractivity contribution in [2.45, 2.75) is 0 Å². The number of thiazole rings is 1. The summed E-state index contributed by atoms with van der Waals surface area (Å²) in [4.78, 5) is 20.6. The molecule has 0 spiro atoms. The molecule has 0 unspecified atom stereocenters. The number of para-hydroxylation sites is 1. The maximum atomic E-state index is 11.4. The number of nitrogens with zero attached hydrogens (tertiary/aromatic N) is 3. The molecule has 1 amide bonds. The highest BCUT2D eigenvalue weighted by Crippen LogP contribution is 2.31. The average molecular weight is 276 g/mol.